The number of ether oxygens (including phenoxy) is 1. The highest BCUT2D eigenvalue weighted by atomic mass is 16.5. The van der Waals surface area contributed by atoms with Crippen molar-refractivity contribution in [2.75, 3.05) is 39.9 Å². The highest BCUT2D eigenvalue weighted by Crippen LogP contribution is 2.40. The maximum atomic E-state index is 13.0. The number of likely N-dealkylation sites (tertiary alicyclic amines) is 2. The van der Waals surface area contributed by atoms with E-state index in [1.54, 1.807) is 23.0 Å². The van der Waals surface area contributed by atoms with Gasteiger partial charge in [0.15, 0.2) is 0 Å². The number of hydrogen-bond acceptors (Lipinski definition) is 4. The van der Waals surface area contributed by atoms with Crippen LogP contribution in [0.5, 0.6) is 5.75 Å². The number of methoxy groups -OCH3 is 1. The Bertz CT molecular complexity index is 673. The van der Waals surface area contributed by atoms with Crippen molar-refractivity contribution in [2.45, 2.75) is 26.2 Å². The van der Waals surface area contributed by atoms with E-state index >= 15 is 0 Å². The normalized spacial score (nSPS) is 23.4. The van der Waals surface area contributed by atoms with Crippen LogP contribution in [0.25, 0.3) is 0 Å². The molecule has 0 aromatic heterocycles. The number of amides is 2. The van der Waals surface area contributed by atoms with Crippen LogP contribution in [0.15, 0.2) is 18.2 Å². The number of aliphatic hydroxyl groups excluding tert-OH is 1. The molecule has 6 nitrogen and oxygen atoms in total. The second kappa shape index (κ2) is 7.04. The molecule has 2 aliphatic rings. The lowest BCUT2D eigenvalue weighted by Gasteiger charge is -2.39. The van der Waals surface area contributed by atoms with Crippen molar-refractivity contribution in [3.63, 3.8) is 0 Å². The van der Waals surface area contributed by atoms with Gasteiger partial charge in [-0.3, -0.25) is 9.59 Å². The Kier molecular flexibility index (Phi) is 4.99. The third-order valence-electron chi connectivity index (χ3n) is 5.42. The zero-order valence-corrected chi connectivity index (χ0v) is 15.0. The third kappa shape index (κ3) is 3.23. The first kappa shape index (κ1) is 17.7. The van der Waals surface area contributed by atoms with Crippen molar-refractivity contribution in [2.24, 2.45) is 5.41 Å². The van der Waals surface area contributed by atoms with Gasteiger partial charge in [0.1, 0.15) is 5.75 Å². The molecule has 25 heavy (non-hydrogen) atoms. The largest absolute Gasteiger partial charge is 0.496 e. The summed E-state index contributed by atoms with van der Waals surface area (Å²) in [6.45, 7) is 4.03. The van der Waals surface area contributed by atoms with E-state index in [0.717, 1.165) is 18.4 Å². The van der Waals surface area contributed by atoms with Crippen molar-refractivity contribution in [3.05, 3.63) is 29.3 Å². The van der Waals surface area contributed by atoms with E-state index in [4.69, 9.17) is 9.84 Å². The van der Waals surface area contributed by atoms with Gasteiger partial charge in [-0.2, -0.15) is 0 Å². The number of hydrogen-bond donors (Lipinski definition) is 1. The summed E-state index contributed by atoms with van der Waals surface area (Å²) in [5, 5.41) is 9.16. The molecule has 1 atom stereocenters. The monoisotopic (exact) mass is 346 g/mol. The maximum Gasteiger partial charge on any atom is 0.257 e. The fourth-order valence-electron chi connectivity index (χ4n) is 4.06. The van der Waals surface area contributed by atoms with Crippen LogP contribution >= 0.6 is 0 Å². The van der Waals surface area contributed by atoms with Crippen LogP contribution < -0.4 is 4.74 Å². The van der Waals surface area contributed by atoms with Crippen LogP contribution in [-0.4, -0.2) is 66.6 Å². The molecule has 1 aromatic rings. The number of piperidine rings is 1. The molecule has 0 saturated carbocycles. The molecule has 0 unspecified atom stereocenters. The van der Waals surface area contributed by atoms with Gasteiger partial charge in [-0.25, -0.2) is 0 Å². The van der Waals surface area contributed by atoms with Crippen molar-refractivity contribution >= 4 is 11.8 Å². The van der Waals surface area contributed by atoms with Crippen LogP contribution in [0.4, 0.5) is 0 Å². The average molecular weight is 346 g/mol. The summed E-state index contributed by atoms with van der Waals surface area (Å²) in [6, 6.07) is 5.55. The van der Waals surface area contributed by atoms with Gasteiger partial charge in [-0.1, -0.05) is 6.07 Å². The molecule has 2 aliphatic heterocycles. The number of benzene rings is 1. The number of aryl methyl sites for hydroxylation is 1. The summed E-state index contributed by atoms with van der Waals surface area (Å²) >= 11 is 0. The Morgan fingerprint density at radius 3 is 2.84 bits per heavy atom. The molecule has 0 bridgehead atoms. The lowest BCUT2D eigenvalue weighted by atomic mass is 9.78. The summed E-state index contributed by atoms with van der Waals surface area (Å²) in [6.07, 6.45) is 2.41. The van der Waals surface area contributed by atoms with Crippen LogP contribution in [0.2, 0.25) is 0 Å². The minimum absolute atomic E-state index is 0.0228. The van der Waals surface area contributed by atoms with E-state index in [9.17, 15) is 9.59 Å². The predicted molar refractivity (Wildman–Crippen MR) is 93.6 cm³/mol. The minimum Gasteiger partial charge on any atom is -0.496 e. The molecular weight excluding hydrogens is 320 g/mol. The number of carbonyl (C=O) groups excluding carboxylic acids is 2. The molecule has 1 aromatic carbocycles. The highest BCUT2D eigenvalue weighted by Gasteiger charge is 2.49. The Labute approximate surface area is 148 Å². The van der Waals surface area contributed by atoms with Crippen LogP contribution in [-0.2, 0) is 4.79 Å². The Balaban J connectivity index is 1.78. The summed E-state index contributed by atoms with van der Waals surface area (Å²) in [5.74, 6) is 0.572. The molecule has 1 N–H and O–H groups in total. The Morgan fingerprint density at radius 1 is 1.32 bits per heavy atom. The fourth-order valence-corrected chi connectivity index (χ4v) is 4.06. The predicted octanol–water partition coefficient (Wildman–Crippen LogP) is 1.45. The summed E-state index contributed by atoms with van der Waals surface area (Å²) in [5.41, 5.74) is 1.09. The fraction of sp³-hybridized carbons (Fsp3) is 0.579. The minimum atomic E-state index is -0.485. The standard InChI is InChI=1S/C19H26N2O4/c1-14-4-5-15(16(12-14)25-2)17(23)21-9-7-19(13-21)6-3-8-20(10-11-22)18(19)24/h4-5,12,22H,3,6-11,13H2,1-2H3/t19-/m1/s1. The van der Waals surface area contributed by atoms with Crippen LogP contribution in [0, 0.1) is 12.3 Å². The van der Waals surface area contributed by atoms with Crippen molar-refractivity contribution < 1.29 is 19.4 Å². The lowest BCUT2D eigenvalue weighted by Crippen LogP contribution is -2.51. The van der Waals surface area contributed by atoms with Gasteiger partial charge in [0.2, 0.25) is 5.91 Å². The molecule has 136 valence electrons. The quantitative estimate of drug-likeness (QED) is 0.896. The van der Waals surface area contributed by atoms with Gasteiger partial charge in [0.25, 0.3) is 5.91 Å². The second-order valence-corrected chi connectivity index (χ2v) is 7.08. The molecule has 2 fully saturated rings. The maximum absolute atomic E-state index is 13.0. The third-order valence-corrected chi connectivity index (χ3v) is 5.42. The van der Waals surface area contributed by atoms with Gasteiger partial charge >= 0.3 is 0 Å². The van der Waals surface area contributed by atoms with Crippen LogP contribution in [0.3, 0.4) is 0 Å². The molecule has 2 saturated heterocycles. The first-order valence-electron chi connectivity index (χ1n) is 8.85. The SMILES string of the molecule is COc1cc(C)ccc1C(=O)N1CC[C@]2(CCCN(CCO)C2=O)C1. The Hall–Kier alpha value is -2.08. The van der Waals surface area contributed by atoms with Gasteiger partial charge in [-0.15, -0.1) is 0 Å². The van der Waals surface area contributed by atoms with E-state index < -0.39 is 5.41 Å². The molecule has 0 radical (unpaired) electrons. The molecule has 0 aliphatic carbocycles. The zero-order valence-electron chi connectivity index (χ0n) is 15.0. The average Bonchev–Trinajstić information content (AvgIpc) is 3.04. The van der Waals surface area contributed by atoms with Crippen LogP contribution in [0.1, 0.15) is 35.2 Å². The Morgan fingerprint density at radius 2 is 2.12 bits per heavy atom. The summed E-state index contributed by atoms with van der Waals surface area (Å²) in [4.78, 5) is 29.3. The number of rotatable bonds is 4. The number of aliphatic hydroxyl groups is 1. The molecule has 6 heteroatoms. The van der Waals surface area contributed by atoms with Gasteiger partial charge in [0.05, 0.1) is 24.7 Å². The van der Waals surface area contributed by atoms with Gasteiger partial charge in [-0.05, 0) is 43.9 Å². The van der Waals surface area contributed by atoms with Crippen molar-refractivity contribution in [1.29, 1.82) is 0 Å². The molecular formula is C19H26N2O4. The molecule has 2 heterocycles. The number of carbonyl (C=O) groups is 2. The van der Waals surface area contributed by atoms with E-state index in [-0.39, 0.29) is 18.4 Å². The smallest absolute Gasteiger partial charge is 0.257 e. The van der Waals surface area contributed by atoms with Gasteiger partial charge < -0.3 is 19.6 Å². The van der Waals surface area contributed by atoms with Gasteiger partial charge in [0, 0.05) is 26.2 Å². The first-order valence-corrected chi connectivity index (χ1v) is 8.85. The van der Waals surface area contributed by atoms with E-state index in [1.165, 1.54) is 0 Å². The first-order chi connectivity index (χ1) is 12.0. The number of β-amino-alcohol motifs (C(OH)–C–C–N with tert-alkyl or cyclic N) is 1. The molecule has 3 rings (SSSR count). The zero-order chi connectivity index (χ0) is 18.0. The lowest BCUT2D eigenvalue weighted by molar-refractivity contribution is -0.146. The van der Waals surface area contributed by atoms with E-state index in [2.05, 4.69) is 0 Å². The van der Waals surface area contributed by atoms with Crippen molar-refractivity contribution in [3.8, 4) is 5.75 Å². The second-order valence-electron chi connectivity index (χ2n) is 7.08. The number of nitrogens with zero attached hydrogens (tertiary/aromatic N) is 2. The molecule has 2 amide bonds. The summed E-state index contributed by atoms with van der Waals surface area (Å²) in [7, 11) is 1.56. The van der Waals surface area contributed by atoms with Crippen molar-refractivity contribution in [1.82, 2.24) is 9.80 Å². The highest BCUT2D eigenvalue weighted by molar-refractivity contribution is 5.98. The summed E-state index contributed by atoms with van der Waals surface area (Å²) < 4.78 is 5.36. The molecule has 1 spiro atoms. The van der Waals surface area contributed by atoms with E-state index in [1.807, 2.05) is 19.1 Å². The van der Waals surface area contributed by atoms with E-state index in [0.29, 0.717) is 43.9 Å². The topological polar surface area (TPSA) is 70.1 Å².